The van der Waals surface area contributed by atoms with Gasteiger partial charge in [0.25, 0.3) is 0 Å². The molecule has 0 radical (unpaired) electrons. The highest BCUT2D eigenvalue weighted by molar-refractivity contribution is 5.80. The fraction of sp³-hybridized carbons (Fsp3) is 0.846. The number of urea groups is 1. The molecule has 1 aliphatic rings. The molecule has 0 aromatic carbocycles. The lowest BCUT2D eigenvalue weighted by atomic mass is 9.99. The quantitative estimate of drug-likeness (QED) is 0.767. The first-order valence-electron chi connectivity index (χ1n) is 6.84. The van der Waals surface area contributed by atoms with E-state index in [0.717, 1.165) is 25.9 Å². The van der Waals surface area contributed by atoms with E-state index in [4.69, 9.17) is 5.73 Å². The molecule has 0 aromatic rings. The standard InChI is InChI=1S/C13H26N4O2/c1-9(2)11(12(14)18)15-10-5-7-17(8-6-10)13(19)16(3)4/h9-11,15H,5-8H2,1-4H3,(H2,14,18). The van der Waals surface area contributed by atoms with Gasteiger partial charge in [0.05, 0.1) is 6.04 Å². The molecule has 0 spiro atoms. The first-order chi connectivity index (χ1) is 8.82. The first-order valence-corrected chi connectivity index (χ1v) is 6.84. The first kappa shape index (κ1) is 15.8. The highest BCUT2D eigenvalue weighted by Gasteiger charge is 2.27. The van der Waals surface area contributed by atoms with Crippen LogP contribution in [0, 0.1) is 5.92 Å². The van der Waals surface area contributed by atoms with Gasteiger partial charge in [0.15, 0.2) is 0 Å². The number of nitrogens with zero attached hydrogens (tertiary/aromatic N) is 2. The highest BCUT2D eigenvalue weighted by Crippen LogP contribution is 2.14. The van der Waals surface area contributed by atoms with E-state index in [1.165, 1.54) is 0 Å². The zero-order valence-corrected chi connectivity index (χ0v) is 12.3. The van der Waals surface area contributed by atoms with Crippen LogP contribution in [-0.2, 0) is 4.79 Å². The molecule has 0 aromatic heterocycles. The summed E-state index contributed by atoms with van der Waals surface area (Å²) in [4.78, 5) is 26.6. The zero-order valence-electron chi connectivity index (χ0n) is 12.3. The number of likely N-dealkylation sites (tertiary alicyclic amines) is 1. The molecule has 0 saturated carbocycles. The molecular weight excluding hydrogens is 244 g/mol. The van der Waals surface area contributed by atoms with E-state index >= 15 is 0 Å². The van der Waals surface area contributed by atoms with E-state index in [0.29, 0.717) is 0 Å². The van der Waals surface area contributed by atoms with Crippen molar-refractivity contribution in [1.29, 1.82) is 0 Å². The van der Waals surface area contributed by atoms with E-state index in [2.05, 4.69) is 5.32 Å². The molecule has 0 bridgehead atoms. The van der Waals surface area contributed by atoms with Crippen LogP contribution >= 0.6 is 0 Å². The summed E-state index contributed by atoms with van der Waals surface area (Å²) in [6.45, 7) is 5.40. The van der Waals surface area contributed by atoms with Crippen molar-refractivity contribution in [3.63, 3.8) is 0 Å². The van der Waals surface area contributed by atoms with Crippen LogP contribution in [0.4, 0.5) is 4.79 Å². The Kier molecular flexibility index (Phi) is 5.60. The highest BCUT2D eigenvalue weighted by atomic mass is 16.2. The van der Waals surface area contributed by atoms with Gasteiger partial charge in [0, 0.05) is 33.2 Å². The molecule has 3 N–H and O–H groups in total. The summed E-state index contributed by atoms with van der Waals surface area (Å²) >= 11 is 0. The summed E-state index contributed by atoms with van der Waals surface area (Å²) in [5.74, 6) is -0.124. The number of nitrogens with two attached hydrogens (primary N) is 1. The molecule has 1 heterocycles. The summed E-state index contributed by atoms with van der Waals surface area (Å²) < 4.78 is 0. The van der Waals surface area contributed by atoms with Crippen molar-refractivity contribution >= 4 is 11.9 Å². The fourth-order valence-corrected chi connectivity index (χ4v) is 2.38. The Morgan fingerprint density at radius 2 is 1.79 bits per heavy atom. The fourth-order valence-electron chi connectivity index (χ4n) is 2.38. The Bertz CT molecular complexity index is 323. The number of carbonyl (C=O) groups is 2. The van der Waals surface area contributed by atoms with Crippen molar-refractivity contribution in [3.05, 3.63) is 0 Å². The summed E-state index contributed by atoms with van der Waals surface area (Å²) in [6, 6.07) is 0.0148. The third-order valence-corrected chi connectivity index (χ3v) is 3.54. The van der Waals surface area contributed by atoms with Gasteiger partial charge in [0.2, 0.25) is 5.91 Å². The number of hydrogen-bond donors (Lipinski definition) is 2. The second-order valence-corrected chi connectivity index (χ2v) is 5.73. The predicted octanol–water partition coefficient (Wildman–Crippen LogP) is 0.232. The largest absolute Gasteiger partial charge is 0.368 e. The third-order valence-electron chi connectivity index (χ3n) is 3.54. The minimum absolute atomic E-state index is 0.0498. The molecule has 1 rings (SSSR count). The Morgan fingerprint density at radius 3 is 2.16 bits per heavy atom. The number of nitrogens with one attached hydrogen (secondary N) is 1. The Labute approximate surface area is 115 Å². The molecule has 3 amide bonds. The minimum Gasteiger partial charge on any atom is -0.368 e. The van der Waals surface area contributed by atoms with Gasteiger partial charge in [-0.3, -0.25) is 4.79 Å². The van der Waals surface area contributed by atoms with Gasteiger partial charge >= 0.3 is 6.03 Å². The van der Waals surface area contributed by atoms with Crippen molar-refractivity contribution in [2.75, 3.05) is 27.2 Å². The molecule has 1 saturated heterocycles. The van der Waals surface area contributed by atoms with Crippen LogP contribution in [0.3, 0.4) is 0 Å². The lowest BCUT2D eigenvalue weighted by Gasteiger charge is -2.35. The maximum atomic E-state index is 11.8. The maximum Gasteiger partial charge on any atom is 0.319 e. The van der Waals surface area contributed by atoms with Gasteiger partial charge in [-0.2, -0.15) is 0 Å². The van der Waals surface area contributed by atoms with Gasteiger partial charge < -0.3 is 20.9 Å². The van der Waals surface area contributed by atoms with Crippen LogP contribution in [0.1, 0.15) is 26.7 Å². The third kappa shape index (κ3) is 4.38. The lowest BCUT2D eigenvalue weighted by molar-refractivity contribution is -0.121. The molecule has 19 heavy (non-hydrogen) atoms. The monoisotopic (exact) mass is 270 g/mol. The molecule has 110 valence electrons. The number of hydrogen-bond acceptors (Lipinski definition) is 3. The van der Waals surface area contributed by atoms with E-state index in [-0.39, 0.29) is 29.9 Å². The second kappa shape index (κ2) is 6.75. The van der Waals surface area contributed by atoms with Crippen molar-refractivity contribution in [1.82, 2.24) is 15.1 Å². The molecule has 6 heteroatoms. The molecule has 1 fully saturated rings. The lowest BCUT2D eigenvalue weighted by Crippen LogP contribution is -2.54. The van der Waals surface area contributed by atoms with Crippen LogP contribution < -0.4 is 11.1 Å². The Hall–Kier alpha value is -1.30. The van der Waals surface area contributed by atoms with Gasteiger partial charge in [-0.1, -0.05) is 13.8 Å². The Balaban J connectivity index is 2.46. The summed E-state index contributed by atoms with van der Waals surface area (Å²) in [7, 11) is 3.52. The van der Waals surface area contributed by atoms with Crippen molar-refractivity contribution in [3.8, 4) is 0 Å². The number of primary amides is 1. The number of rotatable bonds is 4. The SMILES string of the molecule is CC(C)C(NC1CCN(C(=O)N(C)C)CC1)C(N)=O. The van der Waals surface area contributed by atoms with Crippen LogP contribution in [-0.4, -0.2) is 61.0 Å². The topological polar surface area (TPSA) is 78.7 Å². The van der Waals surface area contributed by atoms with Crippen molar-refractivity contribution in [2.45, 2.75) is 38.8 Å². The van der Waals surface area contributed by atoms with Gasteiger partial charge in [0.1, 0.15) is 0 Å². The van der Waals surface area contributed by atoms with E-state index in [1.807, 2.05) is 18.7 Å². The molecule has 0 aliphatic carbocycles. The molecule has 1 unspecified atom stereocenters. The molecular formula is C13H26N4O2. The average Bonchev–Trinajstić information content (AvgIpc) is 2.34. The smallest absolute Gasteiger partial charge is 0.319 e. The van der Waals surface area contributed by atoms with Crippen LogP contribution in [0.25, 0.3) is 0 Å². The second-order valence-electron chi connectivity index (χ2n) is 5.73. The van der Waals surface area contributed by atoms with E-state index in [1.54, 1.807) is 19.0 Å². The normalized spacial score (nSPS) is 18.5. The Morgan fingerprint density at radius 1 is 1.26 bits per heavy atom. The van der Waals surface area contributed by atoms with Gasteiger partial charge in [-0.15, -0.1) is 0 Å². The summed E-state index contributed by atoms with van der Waals surface area (Å²) in [5.41, 5.74) is 5.40. The van der Waals surface area contributed by atoms with Gasteiger partial charge in [-0.05, 0) is 18.8 Å². The average molecular weight is 270 g/mol. The predicted molar refractivity (Wildman–Crippen MR) is 74.6 cm³/mol. The van der Waals surface area contributed by atoms with Crippen LogP contribution in [0.15, 0.2) is 0 Å². The van der Waals surface area contributed by atoms with Crippen molar-refractivity contribution < 1.29 is 9.59 Å². The summed E-state index contributed by atoms with van der Waals surface area (Å²) in [6.07, 6.45) is 1.71. The minimum atomic E-state index is -0.304. The molecule has 1 atom stereocenters. The zero-order chi connectivity index (χ0) is 14.6. The van der Waals surface area contributed by atoms with Gasteiger partial charge in [-0.25, -0.2) is 4.79 Å². The van der Waals surface area contributed by atoms with E-state index < -0.39 is 0 Å². The van der Waals surface area contributed by atoms with Crippen LogP contribution in [0.2, 0.25) is 0 Å². The summed E-state index contributed by atoms with van der Waals surface area (Å²) in [5, 5.41) is 3.32. The molecule has 6 nitrogen and oxygen atoms in total. The number of amides is 3. The maximum absolute atomic E-state index is 11.8. The molecule has 1 aliphatic heterocycles. The number of piperidine rings is 1. The van der Waals surface area contributed by atoms with Crippen LogP contribution in [0.5, 0.6) is 0 Å². The van der Waals surface area contributed by atoms with Crippen molar-refractivity contribution in [2.24, 2.45) is 11.7 Å². The number of carbonyl (C=O) groups excluding carboxylic acids is 2. The van der Waals surface area contributed by atoms with E-state index in [9.17, 15) is 9.59 Å².